The van der Waals surface area contributed by atoms with Crippen molar-refractivity contribution in [2.45, 2.75) is 19.4 Å². The van der Waals surface area contributed by atoms with Gasteiger partial charge in [-0.3, -0.25) is 0 Å². The molecule has 1 unspecified atom stereocenters. The fraction of sp³-hybridized carbons (Fsp3) is 0.300. The van der Waals surface area contributed by atoms with Gasteiger partial charge in [0.1, 0.15) is 18.1 Å². The molecule has 0 saturated heterocycles. The first-order valence-electron chi connectivity index (χ1n) is 4.19. The zero-order valence-corrected chi connectivity index (χ0v) is 9.18. The molecule has 0 aliphatic carbocycles. The lowest BCUT2D eigenvalue weighted by Gasteiger charge is -2.12. The van der Waals surface area contributed by atoms with Crippen LogP contribution >= 0.6 is 23.2 Å². The fourth-order valence-electron chi connectivity index (χ4n) is 0.966. The normalized spacial score (nSPS) is 12.2. The van der Waals surface area contributed by atoms with Crippen LogP contribution in [0.3, 0.4) is 0 Å². The third-order valence-electron chi connectivity index (χ3n) is 1.66. The second-order valence-corrected chi connectivity index (χ2v) is 3.72. The Labute approximate surface area is 92.8 Å². The molecule has 0 heterocycles. The van der Waals surface area contributed by atoms with Crippen molar-refractivity contribution in [2.24, 2.45) is 0 Å². The predicted octanol–water partition coefficient (Wildman–Crippen LogP) is 3.35. The first-order valence-corrected chi connectivity index (χ1v) is 4.94. The van der Waals surface area contributed by atoms with Crippen molar-refractivity contribution in [3.63, 3.8) is 0 Å². The molecule has 0 spiro atoms. The average Bonchev–Trinajstić information content (AvgIpc) is 2.12. The van der Waals surface area contributed by atoms with E-state index in [1.165, 1.54) is 0 Å². The second-order valence-electron chi connectivity index (χ2n) is 2.91. The van der Waals surface area contributed by atoms with Crippen molar-refractivity contribution in [1.82, 2.24) is 0 Å². The van der Waals surface area contributed by atoms with Gasteiger partial charge in [-0.25, -0.2) is 0 Å². The van der Waals surface area contributed by atoms with E-state index in [4.69, 9.17) is 27.9 Å². The number of rotatable bonds is 4. The topological polar surface area (TPSA) is 26.3 Å². The highest BCUT2D eigenvalue weighted by atomic mass is 35.5. The largest absolute Gasteiger partial charge is 0.490 e. The number of halogens is 2. The molecule has 0 aliphatic heterocycles. The molecular formula is C10H10Cl2O2. The highest BCUT2D eigenvalue weighted by Crippen LogP contribution is 2.26. The van der Waals surface area contributed by atoms with Crippen LogP contribution in [0.5, 0.6) is 5.75 Å². The maximum Gasteiger partial charge on any atom is 0.123 e. The second kappa shape index (κ2) is 5.23. The first-order chi connectivity index (χ1) is 6.63. The smallest absolute Gasteiger partial charge is 0.123 e. The Balaban J connectivity index is 2.67. The van der Waals surface area contributed by atoms with Crippen LogP contribution in [0.1, 0.15) is 13.3 Å². The number of carbonyl (C=O) groups is 1. The van der Waals surface area contributed by atoms with Crippen molar-refractivity contribution in [3.05, 3.63) is 28.2 Å². The number of benzene rings is 1. The Hall–Kier alpha value is -0.730. The van der Waals surface area contributed by atoms with Crippen LogP contribution in [-0.2, 0) is 4.79 Å². The molecule has 0 bridgehead atoms. The SMILES string of the molecule is CC(CC=O)Oc1ccc(Cl)c(Cl)c1. The van der Waals surface area contributed by atoms with Gasteiger partial charge in [-0.05, 0) is 19.1 Å². The van der Waals surface area contributed by atoms with E-state index in [1.54, 1.807) is 18.2 Å². The zero-order valence-electron chi connectivity index (χ0n) is 7.67. The molecule has 0 amide bonds. The van der Waals surface area contributed by atoms with E-state index in [-0.39, 0.29) is 6.10 Å². The Morgan fingerprint density at radius 2 is 2.14 bits per heavy atom. The van der Waals surface area contributed by atoms with Gasteiger partial charge in [0.25, 0.3) is 0 Å². The summed E-state index contributed by atoms with van der Waals surface area (Å²) >= 11 is 11.5. The molecule has 1 atom stereocenters. The van der Waals surface area contributed by atoms with Crippen LogP contribution in [0.2, 0.25) is 10.0 Å². The van der Waals surface area contributed by atoms with Gasteiger partial charge in [0.2, 0.25) is 0 Å². The molecule has 0 N–H and O–H groups in total. The van der Waals surface area contributed by atoms with Gasteiger partial charge in [-0.15, -0.1) is 0 Å². The van der Waals surface area contributed by atoms with Gasteiger partial charge in [-0.1, -0.05) is 23.2 Å². The van der Waals surface area contributed by atoms with Crippen LogP contribution in [0.15, 0.2) is 18.2 Å². The van der Waals surface area contributed by atoms with E-state index >= 15 is 0 Å². The molecule has 1 aromatic carbocycles. The van der Waals surface area contributed by atoms with Crippen molar-refractivity contribution < 1.29 is 9.53 Å². The standard InChI is InChI=1S/C10H10Cl2O2/c1-7(4-5-13)14-8-2-3-9(11)10(12)6-8/h2-3,5-7H,4H2,1H3. The lowest BCUT2D eigenvalue weighted by molar-refractivity contribution is -0.109. The molecule has 0 aromatic heterocycles. The molecule has 1 aromatic rings. The maximum atomic E-state index is 10.2. The minimum absolute atomic E-state index is 0.148. The number of ether oxygens (including phenoxy) is 1. The third-order valence-corrected chi connectivity index (χ3v) is 2.40. The van der Waals surface area contributed by atoms with Gasteiger partial charge >= 0.3 is 0 Å². The lowest BCUT2D eigenvalue weighted by Crippen LogP contribution is -2.11. The van der Waals surface area contributed by atoms with Crippen LogP contribution in [-0.4, -0.2) is 12.4 Å². The molecule has 0 fully saturated rings. The summed E-state index contributed by atoms with van der Waals surface area (Å²) in [7, 11) is 0. The van der Waals surface area contributed by atoms with E-state index in [0.717, 1.165) is 6.29 Å². The van der Waals surface area contributed by atoms with Crippen molar-refractivity contribution >= 4 is 29.5 Å². The van der Waals surface area contributed by atoms with Gasteiger partial charge in [-0.2, -0.15) is 0 Å². The summed E-state index contributed by atoms with van der Waals surface area (Å²) in [6.07, 6.45) is 1.03. The monoisotopic (exact) mass is 232 g/mol. The minimum atomic E-state index is -0.148. The summed E-state index contributed by atoms with van der Waals surface area (Å²) < 4.78 is 5.42. The van der Waals surface area contributed by atoms with Gasteiger partial charge < -0.3 is 9.53 Å². The summed E-state index contributed by atoms with van der Waals surface area (Å²) in [5, 5.41) is 0.935. The van der Waals surface area contributed by atoms with Gasteiger partial charge in [0.15, 0.2) is 0 Å². The van der Waals surface area contributed by atoms with Crippen molar-refractivity contribution in [1.29, 1.82) is 0 Å². The molecule has 0 aliphatic rings. The molecular weight excluding hydrogens is 223 g/mol. The van der Waals surface area contributed by atoms with E-state index in [2.05, 4.69) is 0 Å². The molecule has 1 rings (SSSR count). The van der Waals surface area contributed by atoms with Crippen LogP contribution in [0.4, 0.5) is 0 Å². The Bertz CT molecular complexity index is 326. The van der Waals surface area contributed by atoms with E-state index in [9.17, 15) is 4.79 Å². The number of hydrogen-bond acceptors (Lipinski definition) is 2. The van der Waals surface area contributed by atoms with Crippen LogP contribution in [0.25, 0.3) is 0 Å². The summed E-state index contributed by atoms with van der Waals surface area (Å²) in [5.41, 5.74) is 0. The van der Waals surface area contributed by atoms with Crippen molar-refractivity contribution in [3.8, 4) is 5.75 Å². The third kappa shape index (κ3) is 3.20. The summed E-state index contributed by atoms with van der Waals surface area (Å²) in [6.45, 7) is 1.82. The average molecular weight is 233 g/mol. The van der Waals surface area contributed by atoms with E-state index < -0.39 is 0 Å². The highest BCUT2D eigenvalue weighted by Gasteiger charge is 2.04. The van der Waals surface area contributed by atoms with Crippen LogP contribution < -0.4 is 4.74 Å². The minimum Gasteiger partial charge on any atom is -0.490 e. The summed E-state index contributed by atoms with van der Waals surface area (Å²) in [5.74, 6) is 0.619. The maximum absolute atomic E-state index is 10.2. The van der Waals surface area contributed by atoms with E-state index in [0.29, 0.717) is 22.2 Å². The summed E-state index contributed by atoms with van der Waals surface area (Å²) in [6, 6.07) is 5.01. The van der Waals surface area contributed by atoms with Gasteiger partial charge in [0, 0.05) is 12.5 Å². The quantitative estimate of drug-likeness (QED) is 0.745. The number of aldehydes is 1. The molecule has 4 heteroatoms. The van der Waals surface area contributed by atoms with E-state index in [1.807, 2.05) is 6.92 Å². The van der Waals surface area contributed by atoms with Crippen LogP contribution in [0, 0.1) is 0 Å². The first kappa shape index (κ1) is 11.3. The molecule has 0 saturated carbocycles. The van der Waals surface area contributed by atoms with Gasteiger partial charge in [0.05, 0.1) is 10.0 Å². The number of carbonyl (C=O) groups excluding carboxylic acids is 1. The zero-order chi connectivity index (χ0) is 10.6. The summed E-state index contributed by atoms with van der Waals surface area (Å²) in [4.78, 5) is 10.2. The van der Waals surface area contributed by atoms with Crippen molar-refractivity contribution in [2.75, 3.05) is 0 Å². The predicted molar refractivity (Wildman–Crippen MR) is 57.2 cm³/mol. The fourth-order valence-corrected chi connectivity index (χ4v) is 1.25. The Kier molecular flexibility index (Phi) is 4.23. The lowest BCUT2D eigenvalue weighted by atomic mass is 10.3. The Morgan fingerprint density at radius 1 is 1.43 bits per heavy atom. The molecule has 0 radical (unpaired) electrons. The Morgan fingerprint density at radius 3 is 2.71 bits per heavy atom. The molecule has 76 valence electrons. The number of hydrogen-bond donors (Lipinski definition) is 0. The molecule has 2 nitrogen and oxygen atoms in total. The highest BCUT2D eigenvalue weighted by molar-refractivity contribution is 6.42. The molecule has 14 heavy (non-hydrogen) atoms.